The topological polar surface area (TPSA) is 149 Å². The first kappa shape index (κ1) is 22.7. The molecule has 180 valence electrons. The van der Waals surface area contributed by atoms with E-state index in [1.54, 1.807) is 24.7 Å². The van der Waals surface area contributed by atoms with Crippen molar-refractivity contribution in [2.45, 2.75) is 31.3 Å². The number of benzene rings is 1. The average molecular weight is 477 g/mol. The number of hydrogen-bond donors (Lipinski definition) is 3. The van der Waals surface area contributed by atoms with Gasteiger partial charge in [0.2, 0.25) is 0 Å². The van der Waals surface area contributed by atoms with Gasteiger partial charge in [0, 0.05) is 24.2 Å². The Bertz CT molecular complexity index is 1410. The van der Waals surface area contributed by atoms with Gasteiger partial charge >= 0.3 is 5.97 Å². The molecule has 1 aromatic carbocycles. The van der Waals surface area contributed by atoms with Crippen molar-refractivity contribution < 1.29 is 14.3 Å². The molecule has 1 atom stereocenters. The minimum atomic E-state index is -0.920. The Kier molecular flexibility index (Phi) is 5.77. The third-order valence-corrected chi connectivity index (χ3v) is 6.31. The van der Waals surface area contributed by atoms with Gasteiger partial charge in [-0.3, -0.25) is 9.78 Å². The van der Waals surface area contributed by atoms with Crippen LogP contribution >= 0.6 is 0 Å². The maximum atomic E-state index is 13.9. The van der Waals surface area contributed by atoms with Gasteiger partial charge in [-0.2, -0.15) is 0 Å². The van der Waals surface area contributed by atoms with E-state index in [0.29, 0.717) is 54.3 Å². The van der Waals surface area contributed by atoms with Crippen LogP contribution in [0.4, 0.5) is 15.9 Å². The Balaban J connectivity index is 1.57. The van der Waals surface area contributed by atoms with Crippen molar-refractivity contribution in [1.82, 2.24) is 24.5 Å². The van der Waals surface area contributed by atoms with Crippen molar-refractivity contribution >= 4 is 28.6 Å². The molecule has 35 heavy (non-hydrogen) atoms. The van der Waals surface area contributed by atoms with E-state index >= 15 is 0 Å². The summed E-state index contributed by atoms with van der Waals surface area (Å²) in [7, 11) is 0. The number of rotatable bonds is 6. The van der Waals surface area contributed by atoms with Gasteiger partial charge in [-0.15, -0.1) is 0 Å². The minimum absolute atomic E-state index is 0.115. The number of carboxylic acid groups (broad SMARTS) is 1. The number of nitrogens with zero attached hydrogens (tertiary/aromatic N) is 6. The zero-order valence-corrected chi connectivity index (χ0v) is 18.9. The zero-order chi connectivity index (χ0) is 24.6. The first-order valence-electron chi connectivity index (χ1n) is 11.2. The Hall–Kier alpha value is -4.12. The number of nitrogens with two attached hydrogens (primary N) is 2. The Morgan fingerprint density at radius 1 is 1.20 bits per heavy atom. The molecule has 10 nitrogen and oxygen atoms in total. The molecule has 4 heterocycles. The van der Waals surface area contributed by atoms with E-state index in [9.17, 15) is 14.3 Å². The molecular weight excluding hydrogens is 451 g/mol. The SMILES string of the molecule is Nc1ncnc2c1ncn2Cc1cc(-c2cccc(F)c2)ncc1N1CCC[C@@](N)(CC(=O)O)C1. The summed E-state index contributed by atoms with van der Waals surface area (Å²) >= 11 is 0. The van der Waals surface area contributed by atoms with Gasteiger partial charge in [0.1, 0.15) is 17.7 Å². The summed E-state index contributed by atoms with van der Waals surface area (Å²) in [6, 6.07) is 8.17. The number of halogens is 1. The fraction of sp³-hybridized carbons (Fsp3) is 0.292. The molecule has 4 aromatic rings. The third-order valence-electron chi connectivity index (χ3n) is 6.31. The molecule has 5 rings (SSSR count). The molecule has 3 aromatic heterocycles. The van der Waals surface area contributed by atoms with Gasteiger partial charge in [-0.1, -0.05) is 12.1 Å². The highest BCUT2D eigenvalue weighted by molar-refractivity contribution is 5.81. The van der Waals surface area contributed by atoms with Crippen molar-refractivity contribution in [2.24, 2.45) is 5.73 Å². The minimum Gasteiger partial charge on any atom is -0.481 e. The van der Waals surface area contributed by atoms with Crippen LogP contribution in [0.3, 0.4) is 0 Å². The second-order valence-electron chi connectivity index (χ2n) is 8.97. The number of aromatic nitrogens is 5. The fourth-order valence-corrected chi connectivity index (χ4v) is 4.72. The second kappa shape index (κ2) is 8.91. The van der Waals surface area contributed by atoms with Gasteiger partial charge in [0.25, 0.3) is 0 Å². The normalized spacial score (nSPS) is 18.2. The van der Waals surface area contributed by atoms with Crippen molar-refractivity contribution in [3.8, 4) is 11.3 Å². The van der Waals surface area contributed by atoms with E-state index in [0.717, 1.165) is 17.7 Å². The van der Waals surface area contributed by atoms with E-state index in [1.165, 1.54) is 18.5 Å². The standard InChI is InChI=1S/C24H25FN8O2/c25-17-4-1-3-15(7-17)18-8-16(11-33-14-31-21-22(26)29-13-30-23(21)33)19(10-28-18)32-6-2-5-24(27,12-32)9-20(34)35/h1,3-4,7-8,10,13-14H,2,5-6,9,11-12,27H2,(H,34,35)(H2,26,29,30)/t24-/m1/s1. The maximum Gasteiger partial charge on any atom is 0.305 e. The van der Waals surface area contributed by atoms with Gasteiger partial charge < -0.3 is 26.0 Å². The molecule has 1 fully saturated rings. The molecule has 5 N–H and O–H groups in total. The molecule has 0 amide bonds. The van der Waals surface area contributed by atoms with Gasteiger partial charge in [-0.25, -0.2) is 19.3 Å². The second-order valence-corrected chi connectivity index (χ2v) is 8.97. The molecule has 0 aliphatic carbocycles. The predicted molar refractivity (Wildman–Crippen MR) is 129 cm³/mol. The van der Waals surface area contributed by atoms with Crippen molar-refractivity contribution in [2.75, 3.05) is 23.7 Å². The fourth-order valence-electron chi connectivity index (χ4n) is 4.72. The number of piperidine rings is 1. The summed E-state index contributed by atoms with van der Waals surface area (Å²) in [5.41, 5.74) is 15.7. The number of carboxylic acids is 1. The van der Waals surface area contributed by atoms with Crippen LogP contribution in [-0.2, 0) is 11.3 Å². The molecule has 0 saturated carbocycles. The van der Waals surface area contributed by atoms with Crippen LogP contribution in [0.1, 0.15) is 24.8 Å². The molecular formula is C24H25FN8O2. The van der Waals surface area contributed by atoms with Crippen LogP contribution in [0, 0.1) is 5.82 Å². The maximum absolute atomic E-state index is 13.9. The lowest BCUT2D eigenvalue weighted by atomic mass is 9.86. The summed E-state index contributed by atoms with van der Waals surface area (Å²) in [5, 5.41) is 9.35. The first-order chi connectivity index (χ1) is 16.8. The summed E-state index contributed by atoms with van der Waals surface area (Å²) < 4.78 is 15.8. The molecule has 1 aliphatic rings. The van der Waals surface area contributed by atoms with E-state index in [2.05, 4.69) is 24.8 Å². The monoisotopic (exact) mass is 476 g/mol. The molecule has 0 spiro atoms. The number of anilines is 2. The van der Waals surface area contributed by atoms with Crippen LogP contribution in [0.25, 0.3) is 22.4 Å². The summed E-state index contributed by atoms with van der Waals surface area (Å²) in [4.78, 5) is 30.8. The van der Waals surface area contributed by atoms with Gasteiger partial charge in [0.15, 0.2) is 11.5 Å². The Labute approximate surface area is 200 Å². The molecule has 1 aliphatic heterocycles. The number of imidazole rings is 1. The lowest BCUT2D eigenvalue weighted by molar-refractivity contribution is -0.138. The first-order valence-corrected chi connectivity index (χ1v) is 11.2. The third kappa shape index (κ3) is 4.62. The van der Waals surface area contributed by atoms with E-state index in [-0.39, 0.29) is 12.2 Å². The van der Waals surface area contributed by atoms with Crippen LogP contribution < -0.4 is 16.4 Å². The number of nitrogen functional groups attached to an aromatic ring is 1. The van der Waals surface area contributed by atoms with Crippen molar-refractivity contribution in [3.05, 3.63) is 60.6 Å². The van der Waals surface area contributed by atoms with E-state index in [1.807, 2.05) is 10.6 Å². The molecule has 0 radical (unpaired) electrons. The largest absolute Gasteiger partial charge is 0.481 e. The summed E-state index contributed by atoms with van der Waals surface area (Å²) in [6.45, 7) is 1.49. The highest BCUT2D eigenvalue weighted by atomic mass is 19.1. The quantitative estimate of drug-likeness (QED) is 0.381. The summed E-state index contributed by atoms with van der Waals surface area (Å²) in [5.74, 6) is -0.974. The zero-order valence-electron chi connectivity index (χ0n) is 18.9. The highest BCUT2D eigenvalue weighted by Gasteiger charge is 2.34. The molecule has 1 saturated heterocycles. The van der Waals surface area contributed by atoms with Gasteiger partial charge in [0.05, 0.1) is 36.9 Å². The van der Waals surface area contributed by atoms with Crippen LogP contribution in [0.15, 0.2) is 49.2 Å². The van der Waals surface area contributed by atoms with Crippen LogP contribution in [0.2, 0.25) is 0 Å². The molecule has 0 unspecified atom stereocenters. The van der Waals surface area contributed by atoms with Crippen LogP contribution in [-0.4, -0.2) is 54.2 Å². The Morgan fingerprint density at radius 2 is 2.06 bits per heavy atom. The number of carbonyl (C=O) groups is 1. The summed E-state index contributed by atoms with van der Waals surface area (Å²) in [6.07, 6.45) is 6.05. The van der Waals surface area contributed by atoms with Gasteiger partial charge in [-0.05, 0) is 36.6 Å². The van der Waals surface area contributed by atoms with Crippen molar-refractivity contribution in [3.63, 3.8) is 0 Å². The number of aliphatic carboxylic acids is 1. The number of hydrogen-bond acceptors (Lipinski definition) is 8. The number of fused-ring (bicyclic) bond motifs is 1. The lowest BCUT2D eigenvalue weighted by Gasteiger charge is -2.41. The van der Waals surface area contributed by atoms with E-state index in [4.69, 9.17) is 11.5 Å². The lowest BCUT2D eigenvalue weighted by Crippen LogP contribution is -2.55. The Morgan fingerprint density at radius 3 is 2.86 bits per heavy atom. The average Bonchev–Trinajstić information content (AvgIpc) is 3.22. The number of pyridine rings is 1. The van der Waals surface area contributed by atoms with Crippen LogP contribution in [0.5, 0.6) is 0 Å². The van der Waals surface area contributed by atoms with Crippen molar-refractivity contribution in [1.29, 1.82) is 0 Å². The van der Waals surface area contributed by atoms with E-state index < -0.39 is 11.5 Å². The smallest absolute Gasteiger partial charge is 0.305 e. The predicted octanol–water partition coefficient (Wildman–Crippen LogP) is 2.43. The highest BCUT2D eigenvalue weighted by Crippen LogP contribution is 2.32. The molecule has 0 bridgehead atoms. The molecule has 11 heteroatoms.